The van der Waals surface area contributed by atoms with Crippen LogP contribution in [0.15, 0.2) is 59.5 Å². The molecule has 10 nitrogen and oxygen atoms in total. The number of amides is 1. The number of rotatable bonds is 9. The highest BCUT2D eigenvalue weighted by molar-refractivity contribution is 7.88. The Morgan fingerprint density at radius 2 is 1.78 bits per heavy atom. The molecule has 0 spiro atoms. The van der Waals surface area contributed by atoms with E-state index in [4.69, 9.17) is 16.3 Å². The zero-order chi connectivity index (χ0) is 29.4. The number of halogens is 1. The molecule has 0 atom stereocenters. The summed E-state index contributed by atoms with van der Waals surface area (Å²) in [5.74, 6) is -0.0307. The zero-order valence-electron chi connectivity index (χ0n) is 23.4. The Balaban J connectivity index is 1.31. The van der Waals surface area contributed by atoms with Gasteiger partial charge in [0.05, 0.1) is 24.2 Å². The van der Waals surface area contributed by atoms with Crippen molar-refractivity contribution in [3.8, 4) is 11.4 Å². The maximum atomic E-state index is 13.6. The summed E-state index contributed by atoms with van der Waals surface area (Å²) in [6, 6.07) is 13.8. The van der Waals surface area contributed by atoms with E-state index in [0.717, 1.165) is 12.8 Å². The highest BCUT2D eigenvalue weighted by atomic mass is 35.5. The predicted octanol–water partition coefficient (Wildman–Crippen LogP) is 3.70. The fourth-order valence-corrected chi connectivity index (χ4v) is 6.39. The lowest BCUT2D eigenvalue weighted by Gasteiger charge is -2.35. The lowest BCUT2D eigenvalue weighted by atomic mass is 10.2. The maximum Gasteiger partial charge on any atom is 0.316 e. The molecule has 12 heteroatoms. The summed E-state index contributed by atoms with van der Waals surface area (Å²) in [4.78, 5) is 28.6. The summed E-state index contributed by atoms with van der Waals surface area (Å²) in [6.07, 6.45) is 3.70. The minimum atomic E-state index is -3.58. The van der Waals surface area contributed by atoms with Crippen molar-refractivity contribution in [2.75, 3.05) is 49.6 Å². The first-order valence-electron chi connectivity index (χ1n) is 13.5. The van der Waals surface area contributed by atoms with Crippen LogP contribution in [0.2, 0.25) is 5.02 Å². The van der Waals surface area contributed by atoms with Crippen LogP contribution in [-0.4, -0.2) is 68.2 Å². The number of carbonyl (C=O) groups is 1. The van der Waals surface area contributed by atoms with Crippen LogP contribution in [0.1, 0.15) is 32.3 Å². The third-order valence-corrected chi connectivity index (χ3v) is 9.84. The standard InChI is InChI=1S/C29H34ClN5O5S/c1-21(36)32(3)24-9-7-22(8-10-24)19-41(38,39)34-15-13-33(14-16-34)26-18-31-35(25-6-4-5-23(30)17-25)28(37)27(26)40-20-29(2)11-12-29/h4-10,17-18H,11-16,19-20H2,1-3H3. The van der Waals surface area contributed by atoms with Crippen molar-refractivity contribution in [1.29, 1.82) is 0 Å². The number of anilines is 2. The lowest BCUT2D eigenvalue weighted by molar-refractivity contribution is -0.116. The van der Waals surface area contributed by atoms with Gasteiger partial charge in [0.2, 0.25) is 21.7 Å². The molecular formula is C29H34ClN5O5S. The van der Waals surface area contributed by atoms with Crippen molar-refractivity contribution in [1.82, 2.24) is 14.1 Å². The van der Waals surface area contributed by atoms with Crippen molar-refractivity contribution in [2.45, 2.75) is 32.4 Å². The van der Waals surface area contributed by atoms with Crippen LogP contribution in [0.4, 0.5) is 11.4 Å². The van der Waals surface area contributed by atoms with Gasteiger partial charge in [-0.3, -0.25) is 9.59 Å². The van der Waals surface area contributed by atoms with Gasteiger partial charge in [-0.15, -0.1) is 0 Å². The smallest absolute Gasteiger partial charge is 0.316 e. The van der Waals surface area contributed by atoms with Crippen LogP contribution in [0.25, 0.3) is 5.69 Å². The second kappa shape index (κ2) is 11.5. The van der Waals surface area contributed by atoms with E-state index in [9.17, 15) is 18.0 Å². The number of hydrogen-bond donors (Lipinski definition) is 0. The Hall–Kier alpha value is -3.41. The molecule has 2 fully saturated rings. The summed E-state index contributed by atoms with van der Waals surface area (Å²) < 4.78 is 35.4. The molecule has 1 amide bonds. The van der Waals surface area contributed by atoms with Crippen molar-refractivity contribution in [3.63, 3.8) is 0 Å². The van der Waals surface area contributed by atoms with Gasteiger partial charge in [-0.25, -0.2) is 8.42 Å². The van der Waals surface area contributed by atoms with Gasteiger partial charge >= 0.3 is 5.56 Å². The summed E-state index contributed by atoms with van der Waals surface area (Å²) in [5.41, 5.74) is 2.11. The minimum Gasteiger partial charge on any atom is -0.486 e. The lowest BCUT2D eigenvalue weighted by Crippen LogP contribution is -2.49. The molecule has 5 rings (SSSR count). The molecule has 1 aliphatic heterocycles. The summed E-state index contributed by atoms with van der Waals surface area (Å²) >= 11 is 6.15. The Morgan fingerprint density at radius 1 is 1.10 bits per heavy atom. The number of benzene rings is 2. The Labute approximate surface area is 245 Å². The van der Waals surface area contributed by atoms with Gasteiger partial charge in [0.15, 0.2) is 0 Å². The molecule has 0 radical (unpaired) electrons. The van der Waals surface area contributed by atoms with Crippen molar-refractivity contribution < 1.29 is 17.9 Å². The van der Waals surface area contributed by atoms with Crippen molar-refractivity contribution >= 4 is 38.9 Å². The molecule has 2 aliphatic rings. The van der Waals surface area contributed by atoms with Gasteiger partial charge in [-0.2, -0.15) is 14.1 Å². The molecule has 0 N–H and O–H groups in total. The highest BCUT2D eigenvalue weighted by Gasteiger charge is 2.39. The molecular weight excluding hydrogens is 566 g/mol. The summed E-state index contributed by atoms with van der Waals surface area (Å²) in [7, 11) is -1.91. The zero-order valence-corrected chi connectivity index (χ0v) is 25.0. The minimum absolute atomic E-state index is 0.0559. The molecule has 0 bridgehead atoms. The van der Waals surface area contributed by atoms with Gasteiger partial charge in [-0.1, -0.05) is 36.7 Å². The maximum absolute atomic E-state index is 13.6. The number of nitrogens with zero attached hydrogens (tertiary/aromatic N) is 5. The molecule has 1 saturated heterocycles. The third-order valence-electron chi connectivity index (χ3n) is 7.75. The second-order valence-corrected chi connectivity index (χ2v) is 13.4. The first-order valence-corrected chi connectivity index (χ1v) is 15.5. The second-order valence-electron chi connectivity index (χ2n) is 11.0. The van der Waals surface area contributed by atoms with E-state index in [-0.39, 0.29) is 41.5 Å². The molecule has 1 aromatic heterocycles. The molecule has 2 heterocycles. The Morgan fingerprint density at radius 3 is 2.39 bits per heavy atom. The van der Waals surface area contributed by atoms with E-state index in [1.807, 2.05) is 4.90 Å². The molecule has 2 aromatic carbocycles. The molecule has 41 heavy (non-hydrogen) atoms. The number of hydrogen-bond acceptors (Lipinski definition) is 7. The van der Waals surface area contributed by atoms with Crippen molar-refractivity contribution in [2.24, 2.45) is 5.41 Å². The largest absolute Gasteiger partial charge is 0.486 e. The summed E-state index contributed by atoms with van der Waals surface area (Å²) in [5, 5.41) is 4.90. The van der Waals surface area contributed by atoms with E-state index in [1.165, 1.54) is 20.8 Å². The Bertz CT molecular complexity index is 1600. The van der Waals surface area contributed by atoms with Gasteiger partial charge in [0.25, 0.3) is 0 Å². The first-order chi connectivity index (χ1) is 19.5. The van der Waals surface area contributed by atoms with Crippen LogP contribution in [0, 0.1) is 5.41 Å². The predicted molar refractivity (Wildman–Crippen MR) is 160 cm³/mol. The van der Waals surface area contributed by atoms with E-state index >= 15 is 0 Å². The third kappa shape index (κ3) is 6.58. The van der Waals surface area contributed by atoms with Gasteiger partial charge < -0.3 is 14.5 Å². The highest BCUT2D eigenvalue weighted by Crippen LogP contribution is 2.45. The van der Waals surface area contributed by atoms with Gasteiger partial charge in [-0.05, 0) is 48.7 Å². The monoisotopic (exact) mass is 599 g/mol. The SMILES string of the molecule is CC(=O)N(C)c1ccc(CS(=O)(=O)N2CCN(c3cnn(-c4cccc(Cl)c4)c(=O)c3OCC3(C)CC3)CC2)cc1. The van der Waals surface area contributed by atoms with Crippen LogP contribution >= 0.6 is 11.6 Å². The fourth-order valence-electron chi connectivity index (χ4n) is 4.69. The van der Waals surface area contributed by atoms with Gasteiger partial charge in [0.1, 0.15) is 5.69 Å². The molecule has 3 aromatic rings. The topological polar surface area (TPSA) is 105 Å². The van der Waals surface area contributed by atoms with Crippen LogP contribution in [0.5, 0.6) is 5.75 Å². The average molecular weight is 600 g/mol. The molecule has 218 valence electrons. The fraction of sp³-hybridized carbons (Fsp3) is 0.414. The average Bonchev–Trinajstić information content (AvgIpc) is 3.69. The van der Waals surface area contributed by atoms with Crippen molar-refractivity contribution in [3.05, 3.63) is 75.7 Å². The first kappa shape index (κ1) is 29.1. The number of carbonyl (C=O) groups excluding carboxylic acids is 1. The molecule has 0 unspecified atom stereocenters. The number of piperazine rings is 1. The normalized spacial score (nSPS) is 16.8. The van der Waals surface area contributed by atoms with Crippen LogP contribution < -0.4 is 20.1 Å². The van der Waals surface area contributed by atoms with Gasteiger partial charge in [0, 0.05) is 56.3 Å². The van der Waals surface area contributed by atoms with E-state index in [1.54, 1.807) is 61.8 Å². The molecule has 1 saturated carbocycles. The van der Waals surface area contributed by atoms with E-state index in [2.05, 4.69) is 12.0 Å². The Kier molecular flexibility index (Phi) is 8.13. The van der Waals surface area contributed by atoms with E-state index < -0.39 is 10.0 Å². The quantitative estimate of drug-likeness (QED) is 0.369. The summed E-state index contributed by atoms with van der Waals surface area (Å²) in [6.45, 7) is 5.33. The van der Waals surface area contributed by atoms with E-state index in [0.29, 0.717) is 47.3 Å². The van der Waals surface area contributed by atoms with Crippen LogP contribution in [-0.2, 0) is 20.6 Å². The number of aromatic nitrogens is 2. The number of ether oxygens (including phenoxy) is 1. The van der Waals surface area contributed by atoms with Crippen LogP contribution in [0.3, 0.4) is 0 Å². The number of sulfonamides is 1. The molecule has 1 aliphatic carbocycles.